The molecule has 1 rings (SSSR count). The van der Waals surface area contributed by atoms with Gasteiger partial charge < -0.3 is 15.8 Å². The second-order valence-electron chi connectivity index (χ2n) is 4.30. The molecule has 0 aliphatic rings. The van der Waals surface area contributed by atoms with Gasteiger partial charge in [0.2, 0.25) is 0 Å². The number of nitrogens with one attached hydrogen (secondary N) is 1. The Morgan fingerprint density at radius 3 is 2.79 bits per heavy atom. The van der Waals surface area contributed by atoms with Gasteiger partial charge in [-0.15, -0.1) is 0 Å². The van der Waals surface area contributed by atoms with E-state index in [2.05, 4.69) is 12.2 Å². The molecule has 0 amide bonds. The van der Waals surface area contributed by atoms with Crippen LogP contribution >= 0.6 is 23.8 Å². The first-order valence-corrected chi connectivity index (χ1v) is 7.34. The van der Waals surface area contributed by atoms with E-state index in [0.29, 0.717) is 10.0 Å². The summed E-state index contributed by atoms with van der Waals surface area (Å²) in [6, 6.07) is 5.47. The molecule has 0 heterocycles. The largest absolute Gasteiger partial charge is 0.389 e. The molecule has 3 nitrogen and oxygen atoms in total. The maximum atomic E-state index is 5.97. The molecule has 1 aromatic rings. The number of thiocarbonyl (C=S) groups is 1. The number of benzene rings is 1. The maximum absolute atomic E-state index is 5.97. The van der Waals surface area contributed by atoms with Crippen LogP contribution < -0.4 is 11.1 Å². The van der Waals surface area contributed by atoms with E-state index >= 15 is 0 Å². The third-order valence-electron chi connectivity index (χ3n) is 2.67. The molecule has 0 aliphatic heterocycles. The Bertz CT molecular complexity index is 412. The first-order valence-electron chi connectivity index (χ1n) is 6.56. The van der Waals surface area contributed by atoms with Gasteiger partial charge in [-0.3, -0.25) is 0 Å². The highest BCUT2D eigenvalue weighted by Crippen LogP contribution is 2.21. The monoisotopic (exact) mass is 300 g/mol. The molecule has 106 valence electrons. The average molecular weight is 301 g/mol. The summed E-state index contributed by atoms with van der Waals surface area (Å²) >= 11 is 11.0. The number of ether oxygens (including phenoxy) is 1. The standard InChI is InChI=1S/C14H21ClN2OS/c1-2-3-8-18-9-4-7-17-13-10-11(15)5-6-12(13)14(16)19/h5-6,10,17H,2-4,7-9H2,1H3,(H2,16,19). The Morgan fingerprint density at radius 1 is 1.37 bits per heavy atom. The van der Waals surface area contributed by atoms with Gasteiger partial charge in [-0.05, 0) is 31.0 Å². The van der Waals surface area contributed by atoms with Crippen molar-refractivity contribution in [3.8, 4) is 0 Å². The van der Waals surface area contributed by atoms with Crippen LogP contribution in [0, 0.1) is 0 Å². The zero-order valence-corrected chi connectivity index (χ0v) is 12.8. The molecule has 0 radical (unpaired) electrons. The molecular formula is C14H21ClN2OS. The summed E-state index contributed by atoms with van der Waals surface area (Å²) in [4.78, 5) is 0.373. The van der Waals surface area contributed by atoms with E-state index < -0.39 is 0 Å². The normalized spacial score (nSPS) is 10.4. The van der Waals surface area contributed by atoms with E-state index in [4.69, 9.17) is 34.3 Å². The van der Waals surface area contributed by atoms with E-state index in [1.807, 2.05) is 12.1 Å². The number of rotatable bonds is 9. The predicted molar refractivity (Wildman–Crippen MR) is 86.2 cm³/mol. The molecule has 0 bridgehead atoms. The van der Waals surface area contributed by atoms with Crippen LogP contribution in [-0.4, -0.2) is 24.7 Å². The van der Waals surface area contributed by atoms with Gasteiger partial charge in [0.1, 0.15) is 4.99 Å². The molecule has 0 spiro atoms. The van der Waals surface area contributed by atoms with Crippen molar-refractivity contribution >= 4 is 34.5 Å². The first-order chi connectivity index (χ1) is 9.15. The van der Waals surface area contributed by atoms with E-state index in [1.165, 1.54) is 0 Å². The van der Waals surface area contributed by atoms with Crippen molar-refractivity contribution in [2.24, 2.45) is 5.73 Å². The molecule has 19 heavy (non-hydrogen) atoms. The maximum Gasteiger partial charge on any atom is 0.106 e. The van der Waals surface area contributed by atoms with Crippen molar-refractivity contribution in [3.63, 3.8) is 0 Å². The van der Waals surface area contributed by atoms with Crippen LogP contribution in [0.3, 0.4) is 0 Å². The molecule has 1 aromatic carbocycles. The third-order valence-corrected chi connectivity index (χ3v) is 3.13. The number of unbranched alkanes of at least 4 members (excludes halogenated alkanes) is 1. The van der Waals surface area contributed by atoms with E-state index in [9.17, 15) is 0 Å². The number of halogens is 1. The lowest BCUT2D eigenvalue weighted by Crippen LogP contribution is -2.14. The summed E-state index contributed by atoms with van der Waals surface area (Å²) in [6.07, 6.45) is 3.22. The quantitative estimate of drug-likeness (QED) is 0.540. The first kappa shape index (κ1) is 16.2. The van der Waals surface area contributed by atoms with Crippen molar-refractivity contribution in [2.75, 3.05) is 25.1 Å². The fourth-order valence-electron chi connectivity index (χ4n) is 1.62. The number of anilines is 1. The van der Waals surface area contributed by atoms with Crippen LogP contribution in [0.25, 0.3) is 0 Å². The Labute approximate surface area is 125 Å². The van der Waals surface area contributed by atoms with Crippen molar-refractivity contribution < 1.29 is 4.74 Å². The molecule has 0 fully saturated rings. The second-order valence-corrected chi connectivity index (χ2v) is 5.18. The fraction of sp³-hybridized carbons (Fsp3) is 0.500. The van der Waals surface area contributed by atoms with Crippen LogP contribution in [-0.2, 0) is 4.74 Å². The molecular weight excluding hydrogens is 280 g/mol. The summed E-state index contributed by atoms with van der Waals surface area (Å²) in [5.41, 5.74) is 7.38. The lowest BCUT2D eigenvalue weighted by molar-refractivity contribution is 0.131. The highest BCUT2D eigenvalue weighted by atomic mass is 35.5. The second kappa shape index (κ2) is 9.13. The Morgan fingerprint density at radius 2 is 2.11 bits per heavy atom. The Balaban J connectivity index is 2.36. The predicted octanol–water partition coefficient (Wildman–Crippen LogP) is 3.59. The number of nitrogens with two attached hydrogens (primary N) is 1. The van der Waals surface area contributed by atoms with Gasteiger partial charge >= 0.3 is 0 Å². The zero-order valence-electron chi connectivity index (χ0n) is 11.2. The van der Waals surface area contributed by atoms with Crippen LogP contribution in [0.15, 0.2) is 18.2 Å². The molecule has 0 aliphatic carbocycles. The minimum absolute atomic E-state index is 0.373. The van der Waals surface area contributed by atoms with Crippen LogP contribution in [0.1, 0.15) is 31.7 Å². The summed E-state index contributed by atoms with van der Waals surface area (Å²) in [5.74, 6) is 0. The smallest absolute Gasteiger partial charge is 0.106 e. The van der Waals surface area contributed by atoms with Gasteiger partial charge in [0.15, 0.2) is 0 Å². The lowest BCUT2D eigenvalue weighted by atomic mass is 10.1. The van der Waals surface area contributed by atoms with E-state index in [-0.39, 0.29) is 0 Å². The highest BCUT2D eigenvalue weighted by Gasteiger charge is 2.05. The van der Waals surface area contributed by atoms with Crippen molar-refractivity contribution in [3.05, 3.63) is 28.8 Å². The van der Waals surface area contributed by atoms with Gasteiger partial charge in [0, 0.05) is 36.0 Å². The average Bonchev–Trinajstić information content (AvgIpc) is 2.37. The number of hydrogen-bond acceptors (Lipinski definition) is 3. The fourth-order valence-corrected chi connectivity index (χ4v) is 1.97. The zero-order chi connectivity index (χ0) is 14.1. The summed E-state index contributed by atoms with van der Waals surface area (Å²) in [6.45, 7) is 4.56. The molecule has 5 heteroatoms. The summed E-state index contributed by atoms with van der Waals surface area (Å²) in [5, 5.41) is 3.96. The van der Waals surface area contributed by atoms with Crippen LogP contribution in [0.4, 0.5) is 5.69 Å². The van der Waals surface area contributed by atoms with Crippen LogP contribution in [0.2, 0.25) is 5.02 Å². The Kier molecular flexibility index (Phi) is 7.79. The summed E-state index contributed by atoms with van der Waals surface area (Å²) < 4.78 is 5.50. The van der Waals surface area contributed by atoms with Gasteiger partial charge in [0.25, 0.3) is 0 Å². The molecule has 0 aromatic heterocycles. The molecule has 0 saturated carbocycles. The van der Waals surface area contributed by atoms with E-state index in [0.717, 1.165) is 50.3 Å². The van der Waals surface area contributed by atoms with Gasteiger partial charge in [-0.25, -0.2) is 0 Å². The van der Waals surface area contributed by atoms with Gasteiger partial charge in [-0.1, -0.05) is 37.2 Å². The Hall–Kier alpha value is -0.840. The third kappa shape index (κ3) is 6.23. The molecule has 3 N–H and O–H groups in total. The van der Waals surface area contributed by atoms with Crippen molar-refractivity contribution in [1.82, 2.24) is 0 Å². The minimum Gasteiger partial charge on any atom is -0.389 e. The SMILES string of the molecule is CCCCOCCCNc1cc(Cl)ccc1C(N)=S. The van der Waals surface area contributed by atoms with E-state index in [1.54, 1.807) is 6.07 Å². The van der Waals surface area contributed by atoms with Gasteiger partial charge in [0.05, 0.1) is 0 Å². The summed E-state index contributed by atoms with van der Waals surface area (Å²) in [7, 11) is 0. The molecule has 0 saturated heterocycles. The number of hydrogen-bond donors (Lipinski definition) is 2. The highest BCUT2D eigenvalue weighted by molar-refractivity contribution is 7.80. The minimum atomic E-state index is 0.373. The van der Waals surface area contributed by atoms with Crippen LogP contribution in [0.5, 0.6) is 0 Å². The lowest BCUT2D eigenvalue weighted by Gasteiger charge is -2.11. The molecule has 0 atom stereocenters. The molecule has 0 unspecified atom stereocenters. The van der Waals surface area contributed by atoms with Gasteiger partial charge in [-0.2, -0.15) is 0 Å². The van der Waals surface area contributed by atoms with Crippen molar-refractivity contribution in [2.45, 2.75) is 26.2 Å². The van der Waals surface area contributed by atoms with Crippen molar-refractivity contribution in [1.29, 1.82) is 0 Å². The topological polar surface area (TPSA) is 47.3 Å².